The van der Waals surface area contributed by atoms with Crippen LogP contribution in [0.3, 0.4) is 0 Å². The number of carboxylic acid groups (broad SMARTS) is 1. The maximum absolute atomic E-state index is 12.9. The van der Waals surface area contributed by atoms with Gasteiger partial charge in [0.2, 0.25) is 5.91 Å². The summed E-state index contributed by atoms with van der Waals surface area (Å²) in [5, 5.41) is 14.1. The number of carbonyl (C=O) groups is 2. The maximum Gasteiger partial charge on any atom is 0.328 e. The summed E-state index contributed by atoms with van der Waals surface area (Å²) in [6.45, 7) is 3.54. The van der Waals surface area contributed by atoms with Gasteiger partial charge in [0, 0.05) is 11.8 Å². The van der Waals surface area contributed by atoms with Crippen LogP contribution in [0.15, 0.2) is 42.3 Å². The minimum Gasteiger partial charge on any atom is -0.480 e. The van der Waals surface area contributed by atoms with E-state index in [0.29, 0.717) is 12.1 Å². The molecule has 2 aromatic rings. The van der Waals surface area contributed by atoms with Gasteiger partial charge < -0.3 is 15.2 Å². The van der Waals surface area contributed by atoms with Crippen molar-refractivity contribution < 1.29 is 23.8 Å². The van der Waals surface area contributed by atoms with Gasteiger partial charge in [0.15, 0.2) is 6.04 Å². The minimum absolute atomic E-state index is 0.0227. The van der Waals surface area contributed by atoms with Gasteiger partial charge in [-0.2, -0.15) is 0 Å². The second-order valence-corrected chi connectivity index (χ2v) is 6.44. The first kappa shape index (κ1) is 19.7. The van der Waals surface area contributed by atoms with Gasteiger partial charge >= 0.3 is 5.97 Å². The Balaban J connectivity index is 1.88. The summed E-state index contributed by atoms with van der Waals surface area (Å²) in [5.74, 6) is -1.91. The summed E-state index contributed by atoms with van der Waals surface area (Å²) in [5.41, 5.74) is 1.47. The fourth-order valence-electron chi connectivity index (χ4n) is 2.14. The van der Waals surface area contributed by atoms with Crippen molar-refractivity contribution in [3.8, 4) is 0 Å². The molecule has 0 radical (unpaired) electrons. The van der Waals surface area contributed by atoms with Crippen molar-refractivity contribution in [1.82, 2.24) is 10.3 Å². The lowest BCUT2D eigenvalue weighted by atomic mass is 10.1. The predicted molar refractivity (Wildman–Crippen MR) is 95.6 cm³/mol. The molecule has 0 aliphatic carbocycles. The molecule has 1 atom stereocenters. The predicted octanol–water partition coefficient (Wildman–Crippen LogP) is 2.19. The number of ether oxygens (including phenoxy) is 1. The monoisotopic (exact) mass is 378 g/mol. The van der Waals surface area contributed by atoms with E-state index in [1.807, 2.05) is 0 Å². The van der Waals surface area contributed by atoms with Crippen LogP contribution in [-0.4, -0.2) is 41.2 Å². The number of amides is 1. The largest absolute Gasteiger partial charge is 0.480 e. The van der Waals surface area contributed by atoms with Crippen molar-refractivity contribution in [1.29, 1.82) is 0 Å². The molecule has 1 aromatic carbocycles. The summed E-state index contributed by atoms with van der Waals surface area (Å²) in [6, 6.07) is 5.02. The zero-order chi connectivity index (χ0) is 18.9. The molecule has 26 heavy (non-hydrogen) atoms. The molecule has 0 aliphatic rings. The second-order valence-electron chi connectivity index (χ2n) is 5.50. The molecule has 8 heteroatoms. The van der Waals surface area contributed by atoms with Crippen LogP contribution in [0.25, 0.3) is 0 Å². The van der Waals surface area contributed by atoms with E-state index >= 15 is 0 Å². The smallest absolute Gasteiger partial charge is 0.328 e. The standard InChI is InChI=1S/C18H19FN2O4S/c1-2-7-25-10-15(18(23)24)21-16(22)9-14-11-26-17(20-14)8-12-3-5-13(19)6-4-12/h2-6,11,15H,1,7-10H2,(H,21,22)(H,23,24). The number of benzene rings is 1. The Morgan fingerprint density at radius 3 is 2.77 bits per heavy atom. The van der Waals surface area contributed by atoms with E-state index in [2.05, 4.69) is 16.9 Å². The first-order chi connectivity index (χ1) is 12.5. The second kappa shape index (κ2) is 9.79. The van der Waals surface area contributed by atoms with E-state index in [9.17, 15) is 14.0 Å². The van der Waals surface area contributed by atoms with Crippen molar-refractivity contribution in [2.24, 2.45) is 0 Å². The molecule has 0 aliphatic heterocycles. The SMILES string of the molecule is C=CCOCC(NC(=O)Cc1csc(Cc2ccc(F)cc2)n1)C(=O)O. The number of hydrogen-bond acceptors (Lipinski definition) is 5. The third-order valence-electron chi connectivity index (χ3n) is 3.36. The normalized spacial score (nSPS) is 11.7. The van der Waals surface area contributed by atoms with Gasteiger partial charge in [0.1, 0.15) is 5.82 Å². The first-order valence-corrected chi connectivity index (χ1v) is 8.74. The lowest BCUT2D eigenvalue weighted by Gasteiger charge is -2.13. The van der Waals surface area contributed by atoms with Gasteiger partial charge in [-0.15, -0.1) is 17.9 Å². The third-order valence-corrected chi connectivity index (χ3v) is 4.26. The molecule has 0 saturated heterocycles. The highest BCUT2D eigenvalue weighted by Crippen LogP contribution is 2.15. The number of halogens is 1. The molecule has 1 aromatic heterocycles. The molecular weight excluding hydrogens is 359 g/mol. The highest BCUT2D eigenvalue weighted by molar-refractivity contribution is 7.09. The molecule has 2 rings (SSSR count). The van der Waals surface area contributed by atoms with Crippen LogP contribution in [0.4, 0.5) is 4.39 Å². The molecule has 0 bridgehead atoms. The summed E-state index contributed by atoms with van der Waals surface area (Å²) < 4.78 is 18.0. The van der Waals surface area contributed by atoms with Gasteiger partial charge in [0.25, 0.3) is 0 Å². The van der Waals surface area contributed by atoms with Crippen molar-refractivity contribution in [3.63, 3.8) is 0 Å². The highest BCUT2D eigenvalue weighted by Gasteiger charge is 2.20. The fraction of sp³-hybridized carbons (Fsp3) is 0.278. The van der Waals surface area contributed by atoms with E-state index in [1.54, 1.807) is 17.5 Å². The molecule has 1 heterocycles. The number of thiazole rings is 1. The van der Waals surface area contributed by atoms with Crippen molar-refractivity contribution in [2.45, 2.75) is 18.9 Å². The zero-order valence-electron chi connectivity index (χ0n) is 14.0. The fourth-order valence-corrected chi connectivity index (χ4v) is 2.97. The molecule has 0 fully saturated rings. The van der Waals surface area contributed by atoms with Crippen LogP contribution >= 0.6 is 11.3 Å². The van der Waals surface area contributed by atoms with Crippen molar-refractivity contribution >= 4 is 23.2 Å². The lowest BCUT2D eigenvalue weighted by Crippen LogP contribution is -2.44. The number of nitrogens with one attached hydrogen (secondary N) is 1. The van der Waals surface area contributed by atoms with E-state index < -0.39 is 17.9 Å². The Morgan fingerprint density at radius 2 is 2.12 bits per heavy atom. The Bertz CT molecular complexity index is 761. The minimum atomic E-state index is -1.17. The van der Waals surface area contributed by atoms with E-state index in [0.717, 1.165) is 10.6 Å². The van der Waals surface area contributed by atoms with Crippen LogP contribution in [0.2, 0.25) is 0 Å². The number of aliphatic carboxylic acids is 1. The van der Waals surface area contributed by atoms with Crippen molar-refractivity contribution in [2.75, 3.05) is 13.2 Å². The van der Waals surface area contributed by atoms with Crippen molar-refractivity contribution in [3.05, 3.63) is 64.4 Å². The van der Waals surface area contributed by atoms with Gasteiger partial charge in [-0.25, -0.2) is 14.2 Å². The zero-order valence-corrected chi connectivity index (χ0v) is 14.8. The molecule has 0 saturated carbocycles. The molecule has 2 N–H and O–H groups in total. The number of hydrogen-bond donors (Lipinski definition) is 2. The highest BCUT2D eigenvalue weighted by atomic mass is 32.1. The molecule has 6 nitrogen and oxygen atoms in total. The number of aromatic nitrogens is 1. The Morgan fingerprint density at radius 1 is 1.38 bits per heavy atom. The van der Waals surface area contributed by atoms with Crippen LogP contribution in [-0.2, 0) is 27.2 Å². The lowest BCUT2D eigenvalue weighted by molar-refractivity contribution is -0.143. The average Bonchev–Trinajstić information content (AvgIpc) is 3.03. The summed E-state index contributed by atoms with van der Waals surface area (Å²) >= 11 is 1.40. The molecule has 0 spiro atoms. The molecule has 1 amide bonds. The van der Waals surface area contributed by atoms with Crippen LogP contribution in [0.1, 0.15) is 16.3 Å². The Labute approximate surface area is 154 Å². The van der Waals surface area contributed by atoms with Gasteiger partial charge in [-0.05, 0) is 17.7 Å². The van der Waals surface area contributed by atoms with Gasteiger partial charge in [0.05, 0.1) is 30.3 Å². The Kier molecular flexibility index (Phi) is 7.43. The summed E-state index contributed by atoms with van der Waals surface area (Å²) in [6.07, 6.45) is 2.02. The van der Waals surface area contributed by atoms with E-state index in [4.69, 9.17) is 9.84 Å². The Hall–Kier alpha value is -2.58. The van der Waals surface area contributed by atoms with Gasteiger partial charge in [-0.3, -0.25) is 4.79 Å². The maximum atomic E-state index is 12.9. The number of rotatable bonds is 10. The number of nitrogens with zero attached hydrogens (tertiary/aromatic N) is 1. The number of carboxylic acids is 1. The van der Waals surface area contributed by atoms with E-state index in [1.165, 1.54) is 29.5 Å². The molecular formula is C18H19FN2O4S. The van der Waals surface area contributed by atoms with Crippen LogP contribution in [0, 0.1) is 5.82 Å². The average molecular weight is 378 g/mol. The summed E-state index contributed by atoms with van der Waals surface area (Å²) in [7, 11) is 0. The van der Waals surface area contributed by atoms with Crippen LogP contribution in [0.5, 0.6) is 0 Å². The molecule has 1 unspecified atom stereocenters. The number of carbonyl (C=O) groups excluding carboxylic acids is 1. The quantitative estimate of drug-likeness (QED) is 0.489. The third kappa shape index (κ3) is 6.38. The summed E-state index contributed by atoms with van der Waals surface area (Å²) in [4.78, 5) is 27.6. The first-order valence-electron chi connectivity index (χ1n) is 7.86. The van der Waals surface area contributed by atoms with E-state index in [-0.39, 0.29) is 25.5 Å². The topological polar surface area (TPSA) is 88.5 Å². The molecule has 138 valence electrons. The van der Waals surface area contributed by atoms with Gasteiger partial charge in [-0.1, -0.05) is 18.2 Å². The van der Waals surface area contributed by atoms with Crippen LogP contribution < -0.4 is 5.32 Å².